The van der Waals surface area contributed by atoms with Crippen molar-refractivity contribution >= 4 is 11.6 Å². The molecule has 2 aromatic heterocycles. The van der Waals surface area contributed by atoms with Crippen molar-refractivity contribution in [1.82, 2.24) is 14.7 Å². The summed E-state index contributed by atoms with van der Waals surface area (Å²) >= 11 is 0. The molecule has 1 N–H and O–H groups in total. The van der Waals surface area contributed by atoms with Crippen LogP contribution in [0.4, 0.5) is 0 Å². The second-order valence-electron chi connectivity index (χ2n) is 4.01. The highest BCUT2D eigenvalue weighted by atomic mass is 16.5. The molecule has 19 heavy (non-hydrogen) atoms. The Kier molecular flexibility index (Phi) is 4.25. The van der Waals surface area contributed by atoms with Crippen molar-refractivity contribution in [2.24, 2.45) is 0 Å². The summed E-state index contributed by atoms with van der Waals surface area (Å²) in [6.07, 6.45) is 3.60. The lowest BCUT2D eigenvalue weighted by molar-refractivity contribution is 0.0946. The van der Waals surface area contributed by atoms with Gasteiger partial charge in [-0.05, 0) is 18.6 Å². The highest BCUT2D eigenvalue weighted by molar-refractivity contribution is 5.93. The van der Waals surface area contributed by atoms with E-state index in [1.807, 2.05) is 0 Å². The second-order valence-corrected chi connectivity index (χ2v) is 4.01. The number of nitrogens with zero attached hydrogens (tertiary/aromatic N) is 2. The normalized spacial score (nSPS) is 10.6. The molecule has 0 aliphatic heterocycles. The zero-order valence-corrected chi connectivity index (χ0v) is 10.6. The van der Waals surface area contributed by atoms with Crippen LogP contribution in [0.3, 0.4) is 0 Å². The van der Waals surface area contributed by atoms with Gasteiger partial charge in [0.2, 0.25) is 0 Å². The van der Waals surface area contributed by atoms with Crippen molar-refractivity contribution in [2.75, 3.05) is 20.3 Å². The highest BCUT2D eigenvalue weighted by Crippen LogP contribution is 1.97. The third kappa shape index (κ3) is 2.97. The summed E-state index contributed by atoms with van der Waals surface area (Å²) in [7, 11) is 1.60. The van der Waals surface area contributed by atoms with E-state index in [1.54, 1.807) is 31.5 Å². The minimum Gasteiger partial charge on any atom is -0.385 e. The molecule has 0 aliphatic carbocycles. The van der Waals surface area contributed by atoms with Crippen LogP contribution in [0.5, 0.6) is 0 Å². The lowest BCUT2D eigenvalue weighted by Gasteiger charge is -2.05. The van der Waals surface area contributed by atoms with Gasteiger partial charge in [-0.2, -0.15) is 0 Å². The molecule has 0 aliphatic rings. The molecule has 2 rings (SSSR count). The molecule has 0 saturated heterocycles. The third-order valence-electron chi connectivity index (χ3n) is 2.67. The largest absolute Gasteiger partial charge is 0.385 e. The molecule has 2 aromatic rings. The molecule has 0 unspecified atom stereocenters. The Morgan fingerprint density at radius 1 is 1.47 bits per heavy atom. The fourth-order valence-corrected chi connectivity index (χ4v) is 1.70. The number of hydrogen-bond donors (Lipinski definition) is 1. The number of hydrogen-bond acceptors (Lipinski definition) is 4. The van der Waals surface area contributed by atoms with Crippen LogP contribution in [-0.2, 0) is 4.74 Å². The van der Waals surface area contributed by atoms with Gasteiger partial charge in [0.15, 0.2) is 0 Å². The van der Waals surface area contributed by atoms with E-state index in [4.69, 9.17) is 4.74 Å². The number of ether oxygens (including phenoxy) is 1. The molecule has 0 saturated carbocycles. The average molecular weight is 261 g/mol. The van der Waals surface area contributed by atoms with Crippen LogP contribution in [0.1, 0.15) is 16.8 Å². The van der Waals surface area contributed by atoms with Gasteiger partial charge in [-0.1, -0.05) is 6.07 Å². The summed E-state index contributed by atoms with van der Waals surface area (Å²) in [5, 5.41) is 2.67. The summed E-state index contributed by atoms with van der Waals surface area (Å²) < 4.78 is 6.23. The van der Waals surface area contributed by atoms with Crippen molar-refractivity contribution in [1.29, 1.82) is 0 Å². The minimum atomic E-state index is -0.410. The molecule has 0 bridgehead atoms. The highest BCUT2D eigenvalue weighted by Gasteiger charge is 2.12. The summed E-state index contributed by atoms with van der Waals surface area (Å²) in [5.41, 5.74) is 0.194. The molecule has 1 amide bonds. The van der Waals surface area contributed by atoms with Crippen LogP contribution in [0, 0.1) is 0 Å². The van der Waals surface area contributed by atoms with Gasteiger partial charge in [-0.25, -0.2) is 4.98 Å². The molecular formula is C13H15N3O3. The summed E-state index contributed by atoms with van der Waals surface area (Å²) in [4.78, 5) is 28.0. The average Bonchev–Trinajstić information content (AvgIpc) is 2.44. The Balaban J connectivity index is 2.18. The van der Waals surface area contributed by atoms with Gasteiger partial charge in [-0.3, -0.25) is 14.0 Å². The Labute approximate surface area is 110 Å². The maximum absolute atomic E-state index is 12.1. The van der Waals surface area contributed by atoms with Gasteiger partial charge < -0.3 is 10.1 Å². The van der Waals surface area contributed by atoms with Crippen LogP contribution in [-0.4, -0.2) is 35.6 Å². The molecule has 100 valence electrons. The number of carbonyl (C=O) groups excluding carboxylic acids is 1. The van der Waals surface area contributed by atoms with E-state index in [9.17, 15) is 9.59 Å². The number of pyridine rings is 1. The Hall–Kier alpha value is -2.21. The lowest BCUT2D eigenvalue weighted by Crippen LogP contribution is -2.32. The number of methoxy groups -OCH3 is 1. The quantitative estimate of drug-likeness (QED) is 0.794. The van der Waals surface area contributed by atoms with Crippen molar-refractivity contribution in [3.63, 3.8) is 0 Å². The summed E-state index contributed by atoms with van der Waals surface area (Å²) in [5.74, 6) is -0.410. The maximum atomic E-state index is 12.1. The topological polar surface area (TPSA) is 72.7 Å². The molecule has 0 aromatic carbocycles. The summed E-state index contributed by atoms with van der Waals surface area (Å²) in [6.45, 7) is 1.03. The first-order valence-corrected chi connectivity index (χ1v) is 5.97. The van der Waals surface area contributed by atoms with Crippen molar-refractivity contribution < 1.29 is 9.53 Å². The molecule has 0 spiro atoms. The molecule has 0 radical (unpaired) electrons. The van der Waals surface area contributed by atoms with E-state index in [0.29, 0.717) is 25.2 Å². The van der Waals surface area contributed by atoms with E-state index in [1.165, 1.54) is 10.6 Å². The molecule has 6 heteroatoms. The standard InChI is InChI=1S/C13H15N3O3/c1-19-8-4-6-14-12(17)10-9-15-11-5-2-3-7-16(11)13(10)18/h2-3,5,7,9H,4,6,8H2,1H3,(H,14,17). The van der Waals surface area contributed by atoms with Gasteiger partial charge >= 0.3 is 0 Å². The third-order valence-corrected chi connectivity index (χ3v) is 2.67. The predicted molar refractivity (Wildman–Crippen MR) is 70.3 cm³/mol. The van der Waals surface area contributed by atoms with Crippen molar-refractivity contribution in [3.8, 4) is 0 Å². The second kappa shape index (κ2) is 6.10. The van der Waals surface area contributed by atoms with Gasteiger partial charge in [0, 0.05) is 32.7 Å². The first-order chi connectivity index (χ1) is 9.24. The zero-order valence-electron chi connectivity index (χ0n) is 10.6. The van der Waals surface area contributed by atoms with Gasteiger partial charge in [0.25, 0.3) is 11.5 Å². The summed E-state index contributed by atoms with van der Waals surface area (Å²) in [6, 6.07) is 5.21. The van der Waals surface area contributed by atoms with Crippen LogP contribution in [0.15, 0.2) is 35.4 Å². The number of amides is 1. The molecule has 6 nitrogen and oxygen atoms in total. The molecule has 0 atom stereocenters. The van der Waals surface area contributed by atoms with Gasteiger partial charge in [-0.15, -0.1) is 0 Å². The minimum absolute atomic E-state index is 0.0427. The predicted octanol–water partition coefficient (Wildman–Crippen LogP) is 0.461. The van der Waals surface area contributed by atoms with Gasteiger partial charge in [0.05, 0.1) is 0 Å². The van der Waals surface area contributed by atoms with E-state index in [2.05, 4.69) is 10.3 Å². The smallest absolute Gasteiger partial charge is 0.270 e. The van der Waals surface area contributed by atoms with Crippen LogP contribution in [0.2, 0.25) is 0 Å². The number of carbonyl (C=O) groups is 1. The monoisotopic (exact) mass is 261 g/mol. The number of rotatable bonds is 5. The van der Waals surface area contributed by atoms with E-state index < -0.39 is 5.91 Å². The van der Waals surface area contributed by atoms with Crippen LogP contribution < -0.4 is 10.9 Å². The lowest BCUT2D eigenvalue weighted by atomic mass is 10.3. The maximum Gasteiger partial charge on any atom is 0.270 e. The Bertz CT molecular complexity index is 636. The van der Waals surface area contributed by atoms with E-state index >= 15 is 0 Å². The Morgan fingerprint density at radius 3 is 3.11 bits per heavy atom. The Morgan fingerprint density at radius 2 is 2.32 bits per heavy atom. The number of fused-ring (bicyclic) bond motifs is 1. The SMILES string of the molecule is COCCCNC(=O)c1cnc2ccccn2c1=O. The van der Waals surface area contributed by atoms with Crippen LogP contribution >= 0.6 is 0 Å². The fraction of sp³-hybridized carbons (Fsp3) is 0.308. The fourth-order valence-electron chi connectivity index (χ4n) is 1.70. The van der Waals surface area contributed by atoms with E-state index in [0.717, 1.165) is 0 Å². The van der Waals surface area contributed by atoms with Crippen molar-refractivity contribution in [2.45, 2.75) is 6.42 Å². The molecule has 0 fully saturated rings. The van der Waals surface area contributed by atoms with E-state index in [-0.39, 0.29) is 11.1 Å². The zero-order chi connectivity index (χ0) is 13.7. The number of aromatic nitrogens is 2. The van der Waals surface area contributed by atoms with Gasteiger partial charge in [0.1, 0.15) is 11.2 Å². The van der Waals surface area contributed by atoms with Crippen molar-refractivity contribution in [3.05, 3.63) is 46.5 Å². The first-order valence-electron chi connectivity index (χ1n) is 5.97. The number of nitrogens with one attached hydrogen (secondary N) is 1. The first kappa shape index (κ1) is 13.2. The molecular weight excluding hydrogens is 246 g/mol. The molecule has 2 heterocycles. The van der Waals surface area contributed by atoms with Crippen LogP contribution in [0.25, 0.3) is 5.65 Å².